The van der Waals surface area contributed by atoms with Gasteiger partial charge in [0.1, 0.15) is 0 Å². The second-order valence-corrected chi connectivity index (χ2v) is 19.6. The van der Waals surface area contributed by atoms with E-state index in [2.05, 4.69) is 163 Å². The van der Waals surface area contributed by atoms with Crippen LogP contribution in [0.2, 0.25) is 19.6 Å². The highest BCUT2D eigenvalue weighted by atomic mass is 28.3. The lowest BCUT2D eigenvalue weighted by atomic mass is 9.76. The van der Waals surface area contributed by atoms with Crippen LogP contribution in [-0.4, -0.2) is 19.3 Å². The quantitative estimate of drug-likeness (QED) is 0.0950. The van der Waals surface area contributed by atoms with Crippen molar-refractivity contribution >= 4 is 24.7 Å². The van der Waals surface area contributed by atoms with Crippen molar-refractivity contribution in [3.05, 3.63) is 108 Å². The predicted molar refractivity (Wildman–Crippen MR) is 193 cm³/mol. The van der Waals surface area contributed by atoms with Crippen LogP contribution in [0.5, 0.6) is 0 Å². The van der Waals surface area contributed by atoms with Crippen LogP contribution < -0.4 is 14.3 Å². The molecule has 4 rings (SSSR count). The van der Waals surface area contributed by atoms with Crippen molar-refractivity contribution in [3.8, 4) is 11.3 Å². The third-order valence-corrected chi connectivity index (χ3v) is 11.0. The Bertz CT molecular complexity index is 1610. The highest BCUT2D eigenvalue weighted by Crippen LogP contribution is 2.45. The summed E-state index contributed by atoms with van der Waals surface area (Å²) in [6.45, 7) is 30.0. The molecule has 3 heterocycles. The number of aromatic nitrogens is 2. The molecule has 3 unspecified atom stereocenters. The molecule has 44 heavy (non-hydrogen) atoms. The van der Waals surface area contributed by atoms with Gasteiger partial charge in [0.15, 0.2) is 18.1 Å². The summed E-state index contributed by atoms with van der Waals surface area (Å²) in [4.78, 5) is 5.27. The third-order valence-electron chi connectivity index (χ3n) is 9.01. The van der Waals surface area contributed by atoms with E-state index in [0.29, 0.717) is 5.92 Å². The van der Waals surface area contributed by atoms with Gasteiger partial charge >= 0.3 is 0 Å². The Morgan fingerprint density at radius 3 is 2.36 bits per heavy atom. The van der Waals surface area contributed by atoms with Gasteiger partial charge in [0.25, 0.3) is 0 Å². The molecule has 0 amide bonds. The van der Waals surface area contributed by atoms with E-state index in [1.54, 1.807) is 5.19 Å². The molecule has 0 N–H and O–H groups in total. The Morgan fingerprint density at radius 2 is 1.75 bits per heavy atom. The van der Waals surface area contributed by atoms with E-state index < -0.39 is 8.07 Å². The molecule has 0 saturated heterocycles. The maximum Gasteiger partial charge on any atom is 0.249 e. The summed E-state index contributed by atoms with van der Waals surface area (Å²) in [5.41, 5.74) is 9.93. The largest absolute Gasteiger partial charge is 0.280 e. The number of benzene rings is 1. The molecule has 0 bridgehead atoms. The van der Waals surface area contributed by atoms with E-state index >= 15 is 0 Å². The Kier molecular flexibility index (Phi) is 10.1. The van der Waals surface area contributed by atoms with Crippen molar-refractivity contribution in [2.24, 2.45) is 4.99 Å². The lowest BCUT2D eigenvalue weighted by molar-refractivity contribution is -0.729. The number of nitrogens with zero attached hydrogens (tertiary/aromatic N) is 3. The van der Waals surface area contributed by atoms with Crippen LogP contribution >= 0.6 is 0 Å². The van der Waals surface area contributed by atoms with Crippen LogP contribution in [0.15, 0.2) is 96.3 Å². The second-order valence-electron chi connectivity index (χ2n) is 14.6. The second kappa shape index (κ2) is 13.3. The predicted octanol–water partition coefficient (Wildman–Crippen LogP) is 9.26. The number of aryl methyl sites for hydroxylation is 1. The van der Waals surface area contributed by atoms with Crippen molar-refractivity contribution in [1.82, 2.24) is 0 Å². The summed E-state index contributed by atoms with van der Waals surface area (Å²) in [5.74, 6) is 0.702. The Hall–Kier alpha value is -3.37. The van der Waals surface area contributed by atoms with Crippen molar-refractivity contribution < 1.29 is 9.13 Å². The zero-order chi connectivity index (χ0) is 32.4. The van der Waals surface area contributed by atoms with E-state index in [0.717, 1.165) is 24.3 Å². The fraction of sp³-hybridized carbons (Fsp3) is 0.425. The zero-order valence-corrected chi connectivity index (χ0v) is 30.2. The third kappa shape index (κ3) is 7.12. The molecule has 3 aromatic rings. The van der Waals surface area contributed by atoms with Crippen molar-refractivity contribution in [2.75, 3.05) is 0 Å². The minimum Gasteiger partial charge on any atom is -0.280 e. The molecule has 1 aliphatic rings. The fourth-order valence-corrected chi connectivity index (χ4v) is 8.92. The van der Waals surface area contributed by atoms with Gasteiger partial charge in [-0.2, -0.15) is 9.13 Å². The lowest BCUT2D eigenvalue weighted by Crippen LogP contribution is -2.57. The SMILES string of the molecule is C=C(C1C(CCC(C)(C=C(C)C)N=C(C)/C=C\C)c2ccccc2-c2cc(C(C)C)c([Si](C)(C)C)c[n+]21)[n+]1ccccc1C. The molecule has 0 saturated carbocycles. The number of rotatable bonds is 10. The van der Waals surface area contributed by atoms with Crippen LogP contribution in [0.1, 0.15) is 96.0 Å². The van der Waals surface area contributed by atoms with Crippen molar-refractivity contribution in [1.29, 1.82) is 0 Å². The molecule has 3 nitrogen and oxygen atoms in total. The first kappa shape index (κ1) is 33.5. The number of fused-ring (bicyclic) bond motifs is 3. The maximum atomic E-state index is 5.27. The van der Waals surface area contributed by atoms with Gasteiger partial charge in [0, 0.05) is 41.6 Å². The Balaban J connectivity index is 1.98. The number of aliphatic imine (C=N–C) groups is 1. The minimum absolute atomic E-state index is 0.0684. The van der Waals surface area contributed by atoms with Gasteiger partial charge in [0.05, 0.1) is 19.5 Å². The summed E-state index contributed by atoms with van der Waals surface area (Å²) in [7, 11) is -1.65. The van der Waals surface area contributed by atoms with E-state index in [1.165, 1.54) is 33.7 Å². The minimum atomic E-state index is -1.65. The lowest BCUT2D eigenvalue weighted by Gasteiger charge is -2.33. The highest BCUT2D eigenvalue weighted by molar-refractivity contribution is 6.89. The first-order chi connectivity index (χ1) is 20.7. The summed E-state index contributed by atoms with van der Waals surface area (Å²) < 4.78 is 4.90. The molecule has 0 fully saturated rings. The topological polar surface area (TPSA) is 20.1 Å². The monoisotopic (exact) mass is 605 g/mol. The summed E-state index contributed by atoms with van der Waals surface area (Å²) in [6.07, 6.45) is 13.2. The van der Waals surface area contributed by atoms with Gasteiger partial charge in [-0.1, -0.05) is 75.5 Å². The molecule has 0 radical (unpaired) electrons. The number of allylic oxidation sites excluding steroid dienone is 4. The van der Waals surface area contributed by atoms with Gasteiger partial charge in [0.2, 0.25) is 17.4 Å². The molecule has 1 aromatic carbocycles. The van der Waals surface area contributed by atoms with Crippen LogP contribution in [0.3, 0.4) is 0 Å². The molecule has 232 valence electrons. The van der Waals surface area contributed by atoms with Crippen LogP contribution in [0, 0.1) is 6.92 Å². The fourth-order valence-electron chi connectivity index (χ4n) is 7.16. The van der Waals surface area contributed by atoms with Gasteiger partial charge in [-0.3, -0.25) is 4.99 Å². The molecular weight excluding hydrogens is 551 g/mol. The summed E-state index contributed by atoms with van der Waals surface area (Å²) in [5, 5.41) is 1.54. The molecule has 1 aliphatic heterocycles. The number of hydrogen-bond donors (Lipinski definition) is 0. The van der Waals surface area contributed by atoms with E-state index in [1.807, 2.05) is 0 Å². The van der Waals surface area contributed by atoms with Gasteiger partial charge in [-0.05, 0) is 83.2 Å². The van der Waals surface area contributed by atoms with Crippen LogP contribution in [-0.2, 0) is 0 Å². The molecule has 2 aromatic heterocycles. The highest BCUT2D eigenvalue weighted by Gasteiger charge is 2.47. The Labute approximate surface area is 268 Å². The molecule has 3 atom stereocenters. The molecule has 4 heteroatoms. The van der Waals surface area contributed by atoms with Gasteiger partial charge in [-0.15, -0.1) is 0 Å². The Morgan fingerprint density at radius 1 is 1.07 bits per heavy atom. The first-order valence-corrected chi connectivity index (χ1v) is 19.9. The molecular formula is C40H55N3Si+2. The maximum absolute atomic E-state index is 5.27. The van der Waals surface area contributed by atoms with Crippen LogP contribution in [0.25, 0.3) is 17.0 Å². The van der Waals surface area contributed by atoms with E-state index in [-0.39, 0.29) is 17.5 Å². The van der Waals surface area contributed by atoms with Crippen LogP contribution in [0.4, 0.5) is 0 Å². The first-order valence-electron chi connectivity index (χ1n) is 16.4. The van der Waals surface area contributed by atoms with Crippen molar-refractivity contribution in [3.63, 3.8) is 0 Å². The van der Waals surface area contributed by atoms with E-state index in [4.69, 9.17) is 11.6 Å². The average Bonchev–Trinajstić information content (AvgIpc) is 2.94. The normalized spacial score (nSPS) is 18.1. The van der Waals surface area contributed by atoms with E-state index in [9.17, 15) is 0 Å². The summed E-state index contributed by atoms with van der Waals surface area (Å²) in [6, 6.07) is 18.1. The standard InChI is InChI=1S/C40H55N3Si/c1-13-18-30(6)41-40(9,26-28(2)3)23-22-35-33-20-14-15-21-34(33)37-25-36(29(4)5)38(44(10,11)12)27-43(37)39(35)32(8)42-24-17-16-19-31(42)7/h13-21,24-27,29,35,39H,8,22-23H2,1-7,9-12H3/q+2/b18-13-,41-30?. The molecule has 0 aliphatic carbocycles. The zero-order valence-electron chi connectivity index (χ0n) is 29.2. The number of pyridine rings is 2. The van der Waals surface area contributed by atoms with Gasteiger partial charge in [-0.25, -0.2) is 0 Å². The molecule has 0 spiro atoms. The smallest absolute Gasteiger partial charge is 0.249 e. The van der Waals surface area contributed by atoms with Gasteiger partial charge < -0.3 is 0 Å². The van der Waals surface area contributed by atoms with Crippen molar-refractivity contribution in [2.45, 2.75) is 111 Å². The average molecular weight is 606 g/mol. The number of hydrogen-bond acceptors (Lipinski definition) is 1. The summed E-state index contributed by atoms with van der Waals surface area (Å²) >= 11 is 0.